The number of nitrogens with one attached hydrogen (secondary N) is 1. The van der Waals surface area contributed by atoms with Crippen LogP contribution in [0.4, 0.5) is 0 Å². The van der Waals surface area contributed by atoms with Crippen molar-refractivity contribution < 1.29 is 4.79 Å². The molecule has 1 heterocycles. The highest BCUT2D eigenvalue weighted by Crippen LogP contribution is 2.23. The number of amides is 1. The van der Waals surface area contributed by atoms with Gasteiger partial charge in [-0.15, -0.1) is 0 Å². The summed E-state index contributed by atoms with van der Waals surface area (Å²) < 4.78 is 0. The number of carbonyl (C=O) groups excluding carboxylic acids is 1. The summed E-state index contributed by atoms with van der Waals surface area (Å²) in [4.78, 5) is 16.5. The van der Waals surface area contributed by atoms with Crippen LogP contribution in [0.15, 0.2) is 18.3 Å². The second kappa shape index (κ2) is 6.10. The highest BCUT2D eigenvalue weighted by Gasteiger charge is 2.23. The first kappa shape index (κ1) is 13.9. The highest BCUT2D eigenvalue weighted by atomic mass is 32.1. The lowest BCUT2D eigenvalue weighted by Crippen LogP contribution is -2.41. The molecule has 2 atom stereocenters. The van der Waals surface area contributed by atoms with E-state index < -0.39 is 0 Å². The van der Waals surface area contributed by atoms with Crippen LogP contribution >= 0.6 is 12.2 Å². The van der Waals surface area contributed by atoms with Crippen LogP contribution in [0.3, 0.4) is 0 Å². The van der Waals surface area contributed by atoms with Crippen molar-refractivity contribution in [2.45, 2.75) is 38.6 Å². The van der Waals surface area contributed by atoms with Gasteiger partial charge in [0.15, 0.2) is 0 Å². The topological polar surface area (TPSA) is 68.0 Å². The van der Waals surface area contributed by atoms with E-state index in [1.54, 1.807) is 18.3 Å². The minimum absolute atomic E-state index is 0.117. The molecule has 1 fully saturated rings. The maximum Gasteiger partial charge on any atom is 0.270 e. The molecular weight excluding hydrogens is 258 g/mol. The van der Waals surface area contributed by atoms with Crippen molar-refractivity contribution in [3.8, 4) is 0 Å². The van der Waals surface area contributed by atoms with Crippen LogP contribution in [0.2, 0.25) is 0 Å². The third-order valence-electron chi connectivity index (χ3n) is 3.71. The molecule has 5 heteroatoms. The summed E-state index contributed by atoms with van der Waals surface area (Å²) in [7, 11) is 0. The second-order valence-electron chi connectivity index (χ2n) is 5.14. The van der Waals surface area contributed by atoms with E-state index in [9.17, 15) is 4.79 Å². The van der Waals surface area contributed by atoms with Crippen LogP contribution in [0.1, 0.15) is 48.7 Å². The molecule has 0 saturated heterocycles. The average molecular weight is 277 g/mol. The van der Waals surface area contributed by atoms with Crippen molar-refractivity contribution in [2.75, 3.05) is 0 Å². The molecule has 1 saturated carbocycles. The Morgan fingerprint density at radius 2 is 2.16 bits per heavy atom. The molecule has 2 unspecified atom stereocenters. The Bertz CT molecular complexity index is 472. The third-order valence-corrected chi connectivity index (χ3v) is 3.94. The van der Waals surface area contributed by atoms with Crippen LogP contribution in [-0.2, 0) is 0 Å². The van der Waals surface area contributed by atoms with Crippen LogP contribution in [0.25, 0.3) is 0 Å². The number of nitrogens with zero attached hydrogens (tertiary/aromatic N) is 1. The molecule has 19 heavy (non-hydrogen) atoms. The number of thiocarbonyl (C=S) groups is 1. The lowest BCUT2D eigenvalue weighted by Gasteiger charge is -2.29. The number of rotatable bonds is 3. The molecule has 1 aliphatic carbocycles. The van der Waals surface area contributed by atoms with Crippen LogP contribution < -0.4 is 11.1 Å². The fraction of sp³-hybridized carbons (Fsp3) is 0.500. The van der Waals surface area contributed by atoms with E-state index in [2.05, 4.69) is 17.2 Å². The van der Waals surface area contributed by atoms with Gasteiger partial charge in [0.05, 0.1) is 0 Å². The van der Waals surface area contributed by atoms with E-state index in [0.29, 0.717) is 22.2 Å². The zero-order valence-electron chi connectivity index (χ0n) is 11.1. The van der Waals surface area contributed by atoms with Crippen molar-refractivity contribution in [3.63, 3.8) is 0 Å². The van der Waals surface area contributed by atoms with E-state index in [1.165, 1.54) is 19.3 Å². The van der Waals surface area contributed by atoms with Crippen molar-refractivity contribution in [1.29, 1.82) is 0 Å². The Kier molecular flexibility index (Phi) is 4.47. The first-order valence-electron chi connectivity index (χ1n) is 6.64. The largest absolute Gasteiger partial charge is 0.389 e. The Labute approximate surface area is 118 Å². The molecule has 1 aromatic heterocycles. The van der Waals surface area contributed by atoms with Gasteiger partial charge in [0.25, 0.3) is 5.91 Å². The fourth-order valence-corrected chi connectivity index (χ4v) is 2.57. The zero-order chi connectivity index (χ0) is 13.8. The minimum Gasteiger partial charge on any atom is -0.389 e. The van der Waals surface area contributed by atoms with Gasteiger partial charge in [-0.05, 0) is 30.9 Å². The van der Waals surface area contributed by atoms with Crippen molar-refractivity contribution in [1.82, 2.24) is 10.3 Å². The van der Waals surface area contributed by atoms with E-state index in [0.717, 1.165) is 6.42 Å². The van der Waals surface area contributed by atoms with Gasteiger partial charge >= 0.3 is 0 Å². The number of hydrogen-bond donors (Lipinski definition) is 2. The minimum atomic E-state index is -0.117. The summed E-state index contributed by atoms with van der Waals surface area (Å²) >= 11 is 4.85. The fourth-order valence-electron chi connectivity index (χ4n) is 2.45. The van der Waals surface area contributed by atoms with Gasteiger partial charge in [-0.1, -0.05) is 32.0 Å². The molecule has 2 rings (SSSR count). The lowest BCUT2D eigenvalue weighted by atomic mass is 9.86. The number of pyridine rings is 1. The molecule has 1 amide bonds. The van der Waals surface area contributed by atoms with Gasteiger partial charge < -0.3 is 11.1 Å². The molecule has 4 nitrogen and oxygen atoms in total. The van der Waals surface area contributed by atoms with E-state index in [1.807, 2.05) is 0 Å². The Morgan fingerprint density at radius 3 is 2.74 bits per heavy atom. The van der Waals surface area contributed by atoms with Gasteiger partial charge in [-0.3, -0.25) is 9.78 Å². The average Bonchev–Trinajstić information content (AvgIpc) is 2.41. The summed E-state index contributed by atoms with van der Waals surface area (Å²) in [6.07, 6.45) is 6.22. The maximum absolute atomic E-state index is 12.1. The molecule has 102 valence electrons. The molecule has 0 bridgehead atoms. The molecule has 1 aromatic rings. The summed E-state index contributed by atoms with van der Waals surface area (Å²) in [6, 6.07) is 3.66. The molecule has 1 aliphatic rings. The first-order chi connectivity index (χ1) is 9.08. The number of carbonyl (C=O) groups is 1. The Balaban J connectivity index is 2.01. The Morgan fingerprint density at radius 1 is 1.42 bits per heavy atom. The Hall–Kier alpha value is -1.49. The van der Waals surface area contributed by atoms with E-state index in [-0.39, 0.29) is 11.9 Å². The number of nitrogens with two attached hydrogens (primary N) is 1. The van der Waals surface area contributed by atoms with Crippen molar-refractivity contribution in [3.05, 3.63) is 29.6 Å². The van der Waals surface area contributed by atoms with Gasteiger partial charge in [0, 0.05) is 17.8 Å². The molecular formula is C14H19N3OS. The van der Waals surface area contributed by atoms with E-state index >= 15 is 0 Å². The standard InChI is InChI=1S/C14H19N3OS/c1-9-4-2-3-5-11(9)17-14(18)12-7-6-10(8-16-12)13(15)19/h6-9,11H,2-5H2,1H3,(H2,15,19)(H,17,18). The molecule has 3 N–H and O–H groups in total. The van der Waals surface area contributed by atoms with Crippen molar-refractivity contribution in [2.24, 2.45) is 11.7 Å². The summed E-state index contributed by atoms with van der Waals surface area (Å²) in [5.74, 6) is 0.418. The van der Waals surface area contributed by atoms with Crippen LogP contribution in [0, 0.1) is 5.92 Å². The lowest BCUT2D eigenvalue weighted by molar-refractivity contribution is 0.0905. The second-order valence-corrected chi connectivity index (χ2v) is 5.58. The maximum atomic E-state index is 12.1. The quantitative estimate of drug-likeness (QED) is 0.830. The van der Waals surface area contributed by atoms with Crippen LogP contribution in [0.5, 0.6) is 0 Å². The molecule has 0 aromatic carbocycles. The van der Waals surface area contributed by atoms with Crippen LogP contribution in [-0.4, -0.2) is 21.9 Å². The predicted molar refractivity (Wildman–Crippen MR) is 79.0 cm³/mol. The third kappa shape index (κ3) is 3.50. The van der Waals surface area contributed by atoms with Gasteiger partial charge in [-0.2, -0.15) is 0 Å². The predicted octanol–water partition coefficient (Wildman–Crippen LogP) is 2.02. The van der Waals surface area contributed by atoms with E-state index in [4.69, 9.17) is 18.0 Å². The smallest absolute Gasteiger partial charge is 0.270 e. The van der Waals surface area contributed by atoms with Gasteiger partial charge in [0.1, 0.15) is 10.7 Å². The van der Waals surface area contributed by atoms with Gasteiger partial charge in [-0.25, -0.2) is 0 Å². The SMILES string of the molecule is CC1CCCCC1NC(=O)c1ccc(C(N)=S)cn1. The number of aromatic nitrogens is 1. The van der Waals surface area contributed by atoms with Gasteiger partial charge in [0.2, 0.25) is 0 Å². The molecule has 0 aliphatic heterocycles. The summed E-state index contributed by atoms with van der Waals surface area (Å²) in [5.41, 5.74) is 6.59. The van der Waals surface area contributed by atoms with Crippen molar-refractivity contribution >= 4 is 23.1 Å². The normalized spacial score (nSPS) is 22.8. The monoisotopic (exact) mass is 277 g/mol. The highest BCUT2D eigenvalue weighted by molar-refractivity contribution is 7.80. The first-order valence-corrected chi connectivity index (χ1v) is 7.05. The zero-order valence-corrected chi connectivity index (χ0v) is 11.9. The summed E-state index contributed by atoms with van der Waals surface area (Å²) in [6.45, 7) is 2.19. The molecule has 0 radical (unpaired) electrons. The number of hydrogen-bond acceptors (Lipinski definition) is 3. The summed E-state index contributed by atoms with van der Waals surface area (Å²) in [5, 5.41) is 3.07. The molecule has 0 spiro atoms.